The largest absolute Gasteiger partial charge is 0.463 e. The van der Waals surface area contributed by atoms with E-state index in [1.165, 1.54) is 32.0 Å². The number of ether oxygens (including phenoxy) is 4. The highest BCUT2D eigenvalue weighted by Crippen LogP contribution is 2.32. The maximum absolute atomic E-state index is 11.7. The van der Waals surface area contributed by atoms with Gasteiger partial charge >= 0.3 is 17.9 Å². The molecule has 0 radical (unpaired) electrons. The predicted octanol–water partition coefficient (Wildman–Crippen LogP) is -1.10. The molecular formula is C16H19N5O7S. The first kappa shape index (κ1) is 20.8. The maximum atomic E-state index is 11.7. The molecule has 12 nitrogen and oxygen atoms in total. The fourth-order valence-corrected chi connectivity index (χ4v) is 3.39. The number of carbonyl (C=O) groups excluding carboxylic acids is 3. The van der Waals surface area contributed by atoms with Crippen molar-refractivity contribution in [3.63, 3.8) is 0 Å². The highest BCUT2D eigenvalue weighted by molar-refractivity contribution is 7.80. The summed E-state index contributed by atoms with van der Waals surface area (Å²) in [7, 11) is 0. The van der Waals surface area contributed by atoms with Crippen molar-refractivity contribution < 1.29 is 33.3 Å². The average molecular weight is 425 g/mol. The number of nitrogens with zero attached hydrogens (tertiary/aromatic N) is 4. The maximum Gasteiger partial charge on any atom is 0.303 e. The Morgan fingerprint density at radius 1 is 1.14 bits per heavy atom. The van der Waals surface area contributed by atoms with E-state index in [1.54, 1.807) is 0 Å². The van der Waals surface area contributed by atoms with Crippen LogP contribution in [0.5, 0.6) is 0 Å². The Bertz CT molecular complexity index is 842. The fourth-order valence-electron chi connectivity index (χ4n) is 3.13. The van der Waals surface area contributed by atoms with E-state index in [2.05, 4.69) is 15.0 Å². The van der Waals surface area contributed by atoms with Gasteiger partial charge in [0.05, 0.1) is 6.34 Å². The standard InChI is InChI=1S/C16H19N5O7S/c1-6(22)25-4-9-11(26-7(2)23)12(27-8(3)24)15(28-9)21-5-18-10-13(21)19-16(17)20-14(10)29/h5,9-12,15H,4H2,1-3H3,(H2,17,20,29). The van der Waals surface area contributed by atoms with E-state index in [9.17, 15) is 14.4 Å². The van der Waals surface area contributed by atoms with Gasteiger partial charge in [-0.1, -0.05) is 12.2 Å². The van der Waals surface area contributed by atoms with Gasteiger partial charge in [-0.2, -0.15) is 4.99 Å². The lowest BCUT2D eigenvalue weighted by Crippen LogP contribution is -2.50. The fraction of sp³-hybridized carbons (Fsp3) is 0.562. The second kappa shape index (κ2) is 8.21. The van der Waals surface area contributed by atoms with Crippen molar-refractivity contribution in [2.45, 2.75) is 51.4 Å². The number of esters is 3. The van der Waals surface area contributed by atoms with Crippen LogP contribution in [0.15, 0.2) is 15.0 Å². The number of thiocarbonyl (C=S) groups is 1. The van der Waals surface area contributed by atoms with Crippen LogP contribution in [0.3, 0.4) is 0 Å². The number of nitrogens with two attached hydrogens (primary N) is 1. The zero-order chi connectivity index (χ0) is 21.3. The van der Waals surface area contributed by atoms with Crippen LogP contribution in [-0.2, 0) is 33.3 Å². The molecule has 156 valence electrons. The molecule has 3 rings (SSSR count). The minimum absolute atomic E-state index is 0.0493. The summed E-state index contributed by atoms with van der Waals surface area (Å²) in [6.45, 7) is 3.42. The van der Waals surface area contributed by atoms with Crippen LogP contribution in [0.4, 0.5) is 0 Å². The number of hydrogen-bond acceptors (Lipinski definition) is 12. The minimum Gasteiger partial charge on any atom is -0.463 e. The van der Waals surface area contributed by atoms with Crippen molar-refractivity contribution in [3.05, 3.63) is 0 Å². The van der Waals surface area contributed by atoms with Crippen LogP contribution in [0.2, 0.25) is 0 Å². The summed E-state index contributed by atoms with van der Waals surface area (Å²) >= 11 is 5.18. The molecule has 0 bridgehead atoms. The van der Waals surface area contributed by atoms with Crippen LogP contribution in [-0.4, -0.2) is 83.1 Å². The third-order valence-corrected chi connectivity index (χ3v) is 4.47. The smallest absolute Gasteiger partial charge is 0.303 e. The zero-order valence-corrected chi connectivity index (χ0v) is 16.6. The Hall–Kier alpha value is -2.93. The molecule has 0 aliphatic carbocycles. The topological polar surface area (TPSA) is 154 Å². The van der Waals surface area contributed by atoms with E-state index >= 15 is 0 Å². The number of fused-ring (bicyclic) bond motifs is 1. The van der Waals surface area contributed by atoms with E-state index < -0.39 is 48.5 Å². The highest BCUT2D eigenvalue weighted by atomic mass is 32.1. The van der Waals surface area contributed by atoms with Crippen molar-refractivity contribution in [2.24, 2.45) is 20.7 Å². The molecule has 3 aliphatic rings. The molecule has 0 aromatic heterocycles. The summed E-state index contributed by atoms with van der Waals surface area (Å²) in [5.41, 5.74) is 5.70. The third kappa shape index (κ3) is 4.40. The number of guanidine groups is 1. The summed E-state index contributed by atoms with van der Waals surface area (Å²) in [5, 5.41) is 0. The van der Waals surface area contributed by atoms with E-state index in [4.69, 9.17) is 36.9 Å². The minimum atomic E-state index is -1.06. The summed E-state index contributed by atoms with van der Waals surface area (Å²) in [6.07, 6.45) is -2.56. The van der Waals surface area contributed by atoms with E-state index in [0.29, 0.717) is 5.84 Å². The number of carbonyl (C=O) groups is 3. The molecule has 1 saturated heterocycles. The van der Waals surface area contributed by atoms with E-state index in [0.717, 1.165) is 0 Å². The average Bonchev–Trinajstić information content (AvgIpc) is 3.15. The molecule has 0 aromatic rings. The van der Waals surface area contributed by atoms with Crippen LogP contribution in [0.25, 0.3) is 0 Å². The zero-order valence-electron chi connectivity index (χ0n) is 15.8. The molecule has 13 heteroatoms. The van der Waals surface area contributed by atoms with Crippen LogP contribution >= 0.6 is 12.2 Å². The number of amidine groups is 1. The van der Waals surface area contributed by atoms with Crippen LogP contribution < -0.4 is 5.73 Å². The van der Waals surface area contributed by atoms with E-state index in [1.807, 2.05) is 0 Å². The van der Waals surface area contributed by atoms with Crippen LogP contribution in [0.1, 0.15) is 20.8 Å². The van der Waals surface area contributed by atoms with Crippen molar-refractivity contribution >= 4 is 53.2 Å². The van der Waals surface area contributed by atoms with Gasteiger partial charge in [-0.3, -0.25) is 24.3 Å². The Morgan fingerprint density at radius 2 is 1.79 bits per heavy atom. The van der Waals surface area contributed by atoms with Gasteiger partial charge in [0.2, 0.25) is 5.96 Å². The molecule has 5 unspecified atom stereocenters. The first-order valence-corrected chi connectivity index (χ1v) is 8.99. The third-order valence-electron chi connectivity index (χ3n) is 4.15. The molecule has 3 heterocycles. The lowest BCUT2D eigenvalue weighted by molar-refractivity contribution is -0.166. The first-order valence-electron chi connectivity index (χ1n) is 8.59. The normalized spacial score (nSPS) is 30.4. The second-order valence-corrected chi connectivity index (χ2v) is 6.79. The quantitative estimate of drug-likeness (QED) is 0.326. The molecule has 2 N–H and O–H groups in total. The summed E-state index contributed by atoms with van der Waals surface area (Å²) in [5.74, 6) is -1.50. The summed E-state index contributed by atoms with van der Waals surface area (Å²) in [6, 6.07) is -0.640. The Kier molecular flexibility index (Phi) is 5.88. The van der Waals surface area contributed by atoms with Gasteiger partial charge in [-0.25, -0.2) is 4.99 Å². The number of rotatable bonds is 5. The molecule has 1 fully saturated rings. The van der Waals surface area contributed by atoms with Gasteiger partial charge in [0.1, 0.15) is 23.5 Å². The molecule has 0 spiro atoms. The molecular weight excluding hydrogens is 406 g/mol. The van der Waals surface area contributed by atoms with E-state index in [-0.39, 0.29) is 17.6 Å². The van der Waals surface area contributed by atoms with Gasteiger partial charge in [-0.15, -0.1) is 0 Å². The SMILES string of the molecule is CC(=O)OCC1OC(N2C=NC3C(=S)N=C(N)N=C32)C(OC(C)=O)C1OC(C)=O. The Morgan fingerprint density at radius 3 is 2.41 bits per heavy atom. The molecule has 29 heavy (non-hydrogen) atoms. The van der Waals surface area contributed by atoms with Gasteiger partial charge in [0, 0.05) is 20.8 Å². The molecule has 0 saturated carbocycles. The van der Waals surface area contributed by atoms with Gasteiger partial charge in [0.25, 0.3) is 0 Å². The van der Waals surface area contributed by atoms with Crippen molar-refractivity contribution in [3.8, 4) is 0 Å². The molecule has 0 aromatic carbocycles. The van der Waals surface area contributed by atoms with Crippen molar-refractivity contribution in [2.75, 3.05) is 6.61 Å². The summed E-state index contributed by atoms with van der Waals surface area (Å²) in [4.78, 5) is 48.6. The van der Waals surface area contributed by atoms with Gasteiger partial charge in [0.15, 0.2) is 24.5 Å². The number of hydrogen-bond donors (Lipinski definition) is 1. The molecule has 5 atom stereocenters. The lowest BCUT2D eigenvalue weighted by Gasteiger charge is -2.29. The van der Waals surface area contributed by atoms with Crippen LogP contribution in [0, 0.1) is 0 Å². The highest BCUT2D eigenvalue weighted by Gasteiger charge is 2.54. The van der Waals surface area contributed by atoms with Gasteiger partial charge in [-0.05, 0) is 0 Å². The second-order valence-electron chi connectivity index (χ2n) is 6.37. The Balaban J connectivity index is 1.93. The predicted molar refractivity (Wildman–Crippen MR) is 102 cm³/mol. The summed E-state index contributed by atoms with van der Waals surface area (Å²) < 4.78 is 21.7. The molecule has 0 amide bonds. The monoisotopic (exact) mass is 425 g/mol. The Labute approximate surface area is 170 Å². The van der Waals surface area contributed by atoms with Crippen molar-refractivity contribution in [1.29, 1.82) is 0 Å². The van der Waals surface area contributed by atoms with Crippen molar-refractivity contribution in [1.82, 2.24) is 4.90 Å². The lowest BCUT2D eigenvalue weighted by atomic mass is 10.1. The van der Waals surface area contributed by atoms with Gasteiger partial charge < -0.3 is 24.7 Å². The first-order chi connectivity index (χ1) is 13.7. The number of aliphatic imine (C=N–C) groups is 3. The molecule has 3 aliphatic heterocycles.